The van der Waals surface area contributed by atoms with E-state index in [1.165, 1.54) is 0 Å². The molecule has 0 aliphatic carbocycles. The van der Waals surface area contributed by atoms with Crippen molar-refractivity contribution >= 4 is 33.4 Å². The molecule has 0 bridgehead atoms. The zero-order chi connectivity index (χ0) is 14.9. The molecule has 0 radical (unpaired) electrons. The van der Waals surface area contributed by atoms with Gasteiger partial charge < -0.3 is 10.2 Å². The van der Waals surface area contributed by atoms with Crippen LogP contribution in [0.3, 0.4) is 0 Å². The number of nitrogens with one attached hydrogen (secondary N) is 1. The molecule has 1 unspecified atom stereocenters. The summed E-state index contributed by atoms with van der Waals surface area (Å²) >= 11 is 3.43. The predicted octanol–water partition coefficient (Wildman–Crippen LogP) is 3.26. The number of fused-ring (bicyclic) bond motifs is 1. The highest BCUT2D eigenvalue weighted by molar-refractivity contribution is 9.10. The third kappa shape index (κ3) is 3.10. The Kier molecular flexibility index (Phi) is 4.28. The van der Waals surface area contributed by atoms with Crippen molar-refractivity contribution in [1.82, 2.24) is 4.90 Å². The van der Waals surface area contributed by atoms with Gasteiger partial charge in [-0.25, -0.2) is 0 Å². The molecule has 2 rings (SSSR count). The van der Waals surface area contributed by atoms with E-state index in [2.05, 4.69) is 21.2 Å². The van der Waals surface area contributed by atoms with E-state index in [1.54, 1.807) is 11.0 Å². The van der Waals surface area contributed by atoms with E-state index < -0.39 is 0 Å². The first-order chi connectivity index (χ1) is 9.38. The number of rotatable bonds is 1. The van der Waals surface area contributed by atoms with Gasteiger partial charge in [0, 0.05) is 16.2 Å². The third-order valence-electron chi connectivity index (χ3n) is 3.21. The van der Waals surface area contributed by atoms with Gasteiger partial charge in [0.05, 0.1) is 6.04 Å². The quantitative estimate of drug-likeness (QED) is 0.800. The van der Waals surface area contributed by atoms with Crippen LogP contribution in [0.4, 0.5) is 5.69 Å². The maximum atomic E-state index is 12.3. The van der Waals surface area contributed by atoms with Crippen molar-refractivity contribution in [1.29, 1.82) is 0 Å². The molecule has 20 heavy (non-hydrogen) atoms. The lowest BCUT2D eigenvalue weighted by molar-refractivity contribution is -0.132. The van der Waals surface area contributed by atoms with Crippen molar-refractivity contribution in [2.45, 2.75) is 26.8 Å². The number of carbonyl (C=O) groups is 2. The largest absolute Gasteiger partial charge is 0.324 e. The minimum Gasteiger partial charge on any atom is -0.324 e. The Morgan fingerprint density at radius 1 is 1.45 bits per heavy atom. The van der Waals surface area contributed by atoms with E-state index in [0.717, 1.165) is 21.3 Å². The molecule has 1 atom stereocenters. The zero-order valence-corrected chi connectivity index (χ0v) is 13.3. The lowest BCUT2D eigenvalue weighted by Gasteiger charge is -2.26. The molecule has 0 fully saturated rings. The summed E-state index contributed by atoms with van der Waals surface area (Å²) in [6.45, 7) is 5.73. The predicted molar refractivity (Wildman–Crippen MR) is 82.3 cm³/mol. The summed E-state index contributed by atoms with van der Waals surface area (Å²) < 4.78 is 0.925. The molecule has 1 heterocycles. The van der Waals surface area contributed by atoms with Gasteiger partial charge in [0.2, 0.25) is 11.8 Å². The molecule has 4 nitrogen and oxygen atoms in total. The second-order valence-corrected chi connectivity index (χ2v) is 6.06. The van der Waals surface area contributed by atoms with Crippen LogP contribution in [-0.2, 0) is 9.59 Å². The number of allylic oxidation sites excluding steroid dienone is 1. The molecule has 106 valence electrons. The summed E-state index contributed by atoms with van der Waals surface area (Å²) in [5, 5.41) is 2.84. The minimum absolute atomic E-state index is 0.0656. The van der Waals surface area contributed by atoms with Gasteiger partial charge in [-0.3, -0.25) is 9.59 Å². The van der Waals surface area contributed by atoms with Crippen molar-refractivity contribution in [3.05, 3.63) is 39.9 Å². The summed E-state index contributed by atoms with van der Waals surface area (Å²) in [5.74, 6) is -0.311. The van der Waals surface area contributed by atoms with Crippen LogP contribution in [0.1, 0.15) is 32.4 Å². The molecule has 0 saturated carbocycles. The van der Waals surface area contributed by atoms with Crippen LogP contribution < -0.4 is 5.32 Å². The van der Waals surface area contributed by atoms with Gasteiger partial charge in [-0.15, -0.1) is 0 Å². The average Bonchev–Trinajstić information content (AvgIpc) is 2.47. The van der Waals surface area contributed by atoms with Crippen molar-refractivity contribution in [2.75, 3.05) is 11.9 Å². The number of hydrogen-bond acceptors (Lipinski definition) is 2. The van der Waals surface area contributed by atoms with Crippen molar-refractivity contribution in [3.63, 3.8) is 0 Å². The molecular weight excluding hydrogens is 320 g/mol. The number of hydrogen-bond donors (Lipinski definition) is 1. The highest BCUT2D eigenvalue weighted by atomic mass is 79.9. The van der Waals surface area contributed by atoms with Crippen LogP contribution in [0.2, 0.25) is 0 Å². The first-order valence-corrected chi connectivity index (χ1v) is 7.22. The standard InChI is InChI=1S/C15H17BrN2O2/c1-9(2)6-15(20)18-8-14(19)17-13-5-4-11(16)7-12(13)10(18)3/h4-7,10H,8H2,1-3H3,(H,17,19). The fourth-order valence-corrected chi connectivity index (χ4v) is 2.62. The fourth-order valence-electron chi connectivity index (χ4n) is 2.24. The Morgan fingerprint density at radius 2 is 2.15 bits per heavy atom. The van der Waals surface area contributed by atoms with Crippen LogP contribution >= 0.6 is 15.9 Å². The summed E-state index contributed by atoms with van der Waals surface area (Å²) in [6.07, 6.45) is 1.56. The number of benzene rings is 1. The first-order valence-electron chi connectivity index (χ1n) is 6.43. The van der Waals surface area contributed by atoms with E-state index >= 15 is 0 Å². The van der Waals surface area contributed by atoms with Crippen LogP contribution in [0.25, 0.3) is 0 Å². The molecule has 1 N–H and O–H groups in total. The number of nitrogens with zero attached hydrogens (tertiary/aromatic N) is 1. The Morgan fingerprint density at radius 3 is 2.80 bits per heavy atom. The summed E-state index contributed by atoms with van der Waals surface area (Å²) in [6, 6.07) is 5.50. The van der Waals surface area contributed by atoms with Gasteiger partial charge in [-0.2, -0.15) is 0 Å². The van der Waals surface area contributed by atoms with Crippen LogP contribution in [-0.4, -0.2) is 23.3 Å². The Hall–Kier alpha value is -1.62. The highest BCUT2D eigenvalue weighted by Gasteiger charge is 2.28. The van der Waals surface area contributed by atoms with Crippen LogP contribution in [0, 0.1) is 0 Å². The fraction of sp³-hybridized carbons (Fsp3) is 0.333. The van der Waals surface area contributed by atoms with Gasteiger partial charge in [-0.05, 0) is 44.5 Å². The number of amides is 2. The normalized spacial score (nSPS) is 17.9. The monoisotopic (exact) mass is 336 g/mol. The number of carbonyl (C=O) groups excluding carboxylic acids is 2. The molecule has 2 amide bonds. The van der Waals surface area contributed by atoms with E-state index in [9.17, 15) is 9.59 Å². The second kappa shape index (κ2) is 5.79. The van der Waals surface area contributed by atoms with E-state index in [4.69, 9.17) is 0 Å². The maximum Gasteiger partial charge on any atom is 0.247 e. The lowest BCUT2D eigenvalue weighted by atomic mass is 10.1. The molecule has 1 aliphatic heterocycles. The van der Waals surface area contributed by atoms with Crippen LogP contribution in [0.15, 0.2) is 34.3 Å². The topological polar surface area (TPSA) is 49.4 Å². The summed E-state index contributed by atoms with van der Waals surface area (Å²) in [7, 11) is 0. The molecule has 1 aliphatic rings. The number of anilines is 1. The minimum atomic E-state index is -0.173. The first kappa shape index (κ1) is 14.8. The van der Waals surface area contributed by atoms with Crippen molar-refractivity contribution in [2.24, 2.45) is 0 Å². The van der Waals surface area contributed by atoms with Gasteiger partial charge in [0.25, 0.3) is 0 Å². The second-order valence-electron chi connectivity index (χ2n) is 5.14. The lowest BCUT2D eigenvalue weighted by Crippen LogP contribution is -2.36. The summed E-state index contributed by atoms with van der Waals surface area (Å²) in [5.41, 5.74) is 2.61. The maximum absolute atomic E-state index is 12.3. The van der Waals surface area contributed by atoms with Gasteiger partial charge >= 0.3 is 0 Å². The molecule has 0 saturated heterocycles. The average molecular weight is 337 g/mol. The highest BCUT2D eigenvalue weighted by Crippen LogP contribution is 2.32. The van der Waals surface area contributed by atoms with E-state index in [1.807, 2.05) is 39.0 Å². The smallest absolute Gasteiger partial charge is 0.247 e. The van der Waals surface area contributed by atoms with Crippen molar-refractivity contribution < 1.29 is 9.59 Å². The van der Waals surface area contributed by atoms with Gasteiger partial charge in [0.15, 0.2) is 0 Å². The van der Waals surface area contributed by atoms with Crippen molar-refractivity contribution in [3.8, 4) is 0 Å². The molecule has 0 aromatic heterocycles. The SMILES string of the molecule is CC(C)=CC(=O)N1CC(=O)Nc2ccc(Br)cc2C1C. The Bertz CT molecular complexity index is 592. The number of halogens is 1. The van der Waals surface area contributed by atoms with E-state index in [0.29, 0.717) is 0 Å². The Balaban J connectivity index is 2.44. The van der Waals surface area contributed by atoms with E-state index in [-0.39, 0.29) is 24.4 Å². The molecule has 1 aromatic carbocycles. The Labute approximate surface area is 127 Å². The van der Waals surface area contributed by atoms with Gasteiger partial charge in [0.1, 0.15) is 6.54 Å². The van der Waals surface area contributed by atoms with Crippen LogP contribution in [0.5, 0.6) is 0 Å². The van der Waals surface area contributed by atoms with Gasteiger partial charge in [-0.1, -0.05) is 21.5 Å². The third-order valence-corrected chi connectivity index (χ3v) is 3.71. The zero-order valence-electron chi connectivity index (χ0n) is 11.7. The summed E-state index contributed by atoms with van der Waals surface area (Å²) in [4.78, 5) is 25.8. The molecule has 1 aromatic rings. The molecule has 0 spiro atoms. The molecular formula is C15H17BrN2O2. The molecule has 5 heteroatoms.